The molecular weight excluding hydrogens is 124 g/mol. The summed E-state index contributed by atoms with van der Waals surface area (Å²) >= 11 is 0. The van der Waals surface area contributed by atoms with Gasteiger partial charge >= 0.3 is 5.97 Å². The molecule has 1 aliphatic heterocycles. The van der Waals surface area contributed by atoms with Crippen LogP contribution in [-0.2, 0) is 19.1 Å². The van der Waals surface area contributed by atoms with E-state index in [1.54, 1.807) is 0 Å². The van der Waals surface area contributed by atoms with Crippen molar-refractivity contribution in [3.63, 3.8) is 0 Å². The van der Waals surface area contributed by atoms with Gasteiger partial charge < -0.3 is 14.3 Å². The molecule has 1 rings (SSSR count). The van der Waals surface area contributed by atoms with E-state index in [2.05, 4.69) is 9.47 Å². The average Bonchev–Trinajstić information content (AvgIpc) is 2.64. The minimum Gasteiger partial charge on any atom is -0.467 e. The van der Waals surface area contributed by atoms with Crippen molar-refractivity contribution in [3.05, 3.63) is 0 Å². The maximum atomic E-state index is 10.4. The van der Waals surface area contributed by atoms with Crippen LogP contribution in [0, 0.1) is 0 Å². The highest BCUT2D eigenvalue weighted by molar-refractivity contribution is 5.84. The number of ether oxygens (including phenoxy) is 2. The molecule has 0 saturated carbocycles. The number of carbonyl (C=O) groups excluding carboxylic acids is 2. The monoisotopic (exact) mass is 130 g/mol. The maximum absolute atomic E-state index is 10.4. The highest BCUT2D eigenvalue weighted by Gasteiger charge is 2.45. The molecule has 1 heterocycles. The molecule has 0 N–H and O–H groups in total. The highest BCUT2D eigenvalue weighted by Crippen LogP contribution is 2.20. The summed E-state index contributed by atoms with van der Waals surface area (Å²) in [5, 5.41) is 0. The van der Waals surface area contributed by atoms with Gasteiger partial charge in [0.2, 0.25) is 0 Å². The SMILES string of the molecule is COC(=O)C1OC1C=O. The molecule has 4 heteroatoms. The number of carbonyl (C=O) groups is 2. The van der Waals surface area contributed by atoms with Crippen LogP contribution in [0.4, 0.5) is 0 Å². The molecule has 0 aromatic rings. The van der Waals surface area contributed by atoms with Crippen molar-refractivity contribution in [2.24, 2.45) is 0 Å². The van der Waals surface area contributed by atoms with E-state index in [1.807, 2.05) is 0 Å². The Morgan fingerprint density at radius 3 is 2.78 bits per heavy atom. The third-order valence-electron chi connectivity index (χ3n) is 1.09. The summed E-state index contributed by atoms with van der Waals surface area (Å²) in [6.07, 6.45) is -0.605. The molecule has 50 valence electrons. The van der Waals surface area contributed by atoms with Crippen LogP contribution in [0.5, 0.6) is 0 Å². The standard InChI is InChI=1S/C5H6O4/c1-8-5(7)4-3(2-6)9-4/h2-4H,1H3. The first-order valence-corrected chi connectivity index (χ1v) is 2.48. The molecule has 4 nitrogen and oxygen atoms in total. The van der Waals surface area contributed by atoms with Gasteiger partial charge in [0, 0.05) is 0 Å². The van der Waals surface area contributed by atoms with E-state index in [1.165, 1.54) is 7.11 Å². The Bertz CT molecular complexity index is 142. The van der Waals surface area contributed by atoms with Gasteiger partial charge in [-0.1, -0.05) is 0 Å². The number of aldehydes is 1. The maximum Gasteiger partial charge on any atom is 0.338 e. The van der Waals surface area contributed by atoms with E-state index in [9.17, 15) is 9.59 Å². The third kappa shape index (κ3) is 1.08. The second kappa shape index (κ2) is 2.14. The van der Waals surface area contributed by atoms with Gasteiger partial charge in [-0.3, -0.25) is 0 Å². The summed E-state index contributed by atoms with van der Waals surface area (Å²) in [5.74, 6) is -0.480. The van der Waals surface area contributed by atoms with Crippen LogP contribution in [0.1, 0.15) is 0 Å². The lowest BCUT2D eigenvalue weighted by Crippen LogP contribution is -2.11. The molecule has 0 bridgehead atoms. The molecule has 0 aromatic heterocycles. The summed E-state index contributed by atoms with van der Waals surface area (Å²) in [7, 11) is 1.26. The second-order valence-electron chi connectivity index (χ2n) is 1.68. The fraction of sp³-hybridized carbons (Fsp3) is 0.600. The van der Waals surface area contributed by atoms with Crippen LogP contribution in [0.25, 0.3) is 0 Å². The van der Waals surface area contributed by atoms with Gasteiger partial charge in [-0.15, -0.1) is 0 Å². The molecule has 9 heavy (non-hydrogen) atoms. The first kappa shape index (κ1) is 6.22. The number of hydrogen-bond donors (Lipinski definition) is 0. The number of rotatable bonds is 2. The lowest BCUT2D eigenvalue weighted by atomic mass is 10.3. The van der Waals surface area contributed by atoms with Gasteiger partial charge in [0.1, 0.15) is 0 Å². The Labute approximate surface area is 51.7 Å². The molecule has 2 atom stereocenters. The lowest BCUT2D eigenvalue weighted by Gasteiger charge is -1.88. The second-order valence-corrected chi connectivity index (χ2v) is 1.68. The molecule has 0 aromatic carbocycles. The Kier molecular flexibility index (Phi) is 1.48. The summed E-state index contributed by atoms with van der Waals surface area (Å²) < 4.78 is 8.86. The zero-order valence-electron chi connectivity index (χ0n) is 4.87. The molecule has 2 unspecified atom stereocenters. The van der Waals surface area contributed by atoms with Gasteiger partial charge in [-0.05, 0) is 0 Å². The van der Waals surface area contributed by atoms with Crippen LogP contribution in [-0.4, -0.2) is 31.6 Å². The highest BCUT2D eigenvalue weighted by atomic mass is 16.6. The quantitative estimate of drug-likeness (QED) is 0.277. The van der Waals surface area contributed by atoms with Gasteiger partial charge in [-0.25, -0.2) is 4.79 Å². The van der Waals surface area contributed by atoms with Crippen LogP contribution in [0.3, 0.4) is 0 Å². The van der Waals surface area contributed by atoms with Crippen LogP contribution >= 0.6 is 0 Å². The Balaban J connectivity index is 2.33. The third-order valence-corrected chi connectivity index (χ3v) is 1.09. The molecule has 1 aliphatic rings. The molecule has 0 amide bonds. The number of methoxy groups -OCH3 is 1. The van der Waals surface area contributed by atoms with E-state index in [0.717, 1.165) is 0 Å². The zero-order valence-corrected chi connectivity index (χ0v) is 4.87. The molecule has 0 radical (unpaired) electrons. The largest absolute Gasteiger partial charge is 0.467 e. The molecule has 1 fully saturated rings. The van der Waals surface area contributed by atoms with Gasteiger partial charge in [0.05, 0.1) is 7.11 Å². The summed E-state index contributed by atoms with van der Waals surface area (Å²) in [6, 6.07) is 0. The molecule has 0 spiro atoms. The minimum atomic E-state index is -0.632. The molecule has 1 saturated heterocycles. The van der Waals surface area contributed by atoms with Crippen molar-refractivity contribution >= 4 is 12.3 Å². The Morgan fingerprint density at radius 1 is 1.78 bits per heavy atom. The van der Waals surface area contributed by atoms with Crippen LogP contribution in [0.15, 0.2) is 0 Å². The Hall–Kier alpha value is -0.900. The normalized spacial score (nSPS) is 31.2. The smallest absolute Gasteiger partial charge is 0.338 e. The van der Waals surface area contributed by atoms with Crippen molar-refractivity contribution in [1.82, 2.24) is 0 Å². The van der Waals surface area contributed by atoms with Crippen molar-refractivity contribution in [2.45, 2.75) is 12.2 Å². The number of epoxide rings is 1. The van der Waals surface area contributed by atoms with Crippen LogP contribution < -0.4 is 0 Å². The molecular formula is C5H6O4. The van der Waals surface area contributed by atoms with E-state index >= 15 is 0 Å². The van der Waals surface area contributed by atoms with Crippen molar-refractivity contribution in [2.75, 3.05) is 7.11 Å². The van der Waals surface area contributed by atoms with Crippen molar-refractivity contribution < 1.29 is 19.1 Å². The fourth-order valence-electron chi connectivity index (χ4n) is 0.533. The first-order valence-electron chi connectivity index (χ1n) is 2.48. The Morgan fingerprint density at radius 2 is 2.44 bits per heavy atom. The predicted molar refractivity (Wildman–Crippen MR) is 26.7 cm³/mol. The zero-order chi connectivity index (χ0) is 6.85. The summed E-state index contributed by atoms with van der Waals surface area (Å²) in [4.78, 5) is 20.3. The topological polar surface area (TPSA) is 55.9 Å². The van der Waals surface area contributed by atoms with E-state index in [4.69, 9.17) is 0 Å². The van der Waals surface area contributed by atoms with Gasteiger partial charge in [0.15, 0.2) is 18.5 Å². The molecule has 0 aliphatic carbocycles. The fourth-order valence-corrected chi connectivity index (χ4v) is 0.533. The lowest BCUT2D eigenvalue weighted by molar-refractivity contribution is -0.142. The summed E-state index contributed by atoms with van der Waals surface area (Å²) in [6.45, 7) is 0. The van der Waals surface area contributed by atoms with Crippen LogP contribution in [0.2, 0.25) is 0 Å². The van der Waals surface area contributed by atoms with E-state index in [-0.39, 0.29) is 0 Å². The number of hydrogen-bond acceptors (Lipinski definition) is 4. The average molecular weight is 130 g/mol. The first-order chi connectivity index (χ1) is 4.29. The van der Waals surface area contributed by atoms with Gasteiger partial charge in [0.25, 0.3) is 0 Å². The van der Waals surface area contributed by atoms with E-state index < -0.39 is 18.2 Å². The van der Waals surface area contributed by atoms with E-state index in [0.29, 0.717) is 6.29 Å². The van der Waals surface area contributed by atoms with Crippen molar-refractivity contribution in [1.29, 1.82) is 0 Å². The minimum absolute atomic E-state index is 0.480. The van der Waals surface area contributed by atoms with Crippen molar-refractivity contribution in [3.8, 4) is 0 Å². The number of esters is 1. The van der Waals surface area contributed by atoms with Gasteiger partial charge in [-0.2, -0.15) is 0 Å². The predicted octanol–water partition coefficient (Wildman–Crippen LogP) is -0.874. The summed E-state index contributed by atoms with van der Waals surface area (Å²) in [5.41, 5.74) is 0.